The van der Waals surface area contributed by atoms with Gasteiger partial charge < -0.3 is 10.1 Å². The molecule has 2 rings (SSSR count). The molecule has 0 saturated heterocycles. The fraction of sp³-hybridized carbons (Fsp3) is 0.562. The molecule has 0 aromatic heterocycles. The van der Waals surface area contributed by atoms with E-state index in [0.29, 0.717) is 11.9 Å². The zero-order valence-electron chi connectivity index (χ0n) is 12.6. The molecule has 1 aliphatic rings. The predicted octanol–water partition coefficient (Wildman–Crippen LogP) is 4.15. The Morgan fingerprint density at radius 2 is 2.10 bits per heavy atom. The first-order chi connectivity index (χ1) is 9.78. The Labute approximate surface area is 126 Å². The van der Waals surface area contributed by atoms with Gasteiger partial charge in [0.05, 0.1) is 13.2 Å². The van der Waals surface area contributed by atoms with Crippen molar-refractivity contribution in [2.45, 2.75) is 38.5 Å². The van der Waals surface area contributed by atoms with Crippen molar-refractivity contribution >= 4 is 22.6 Å². The van der Waals surface area contributed by atoms with E-state index in [9.17, 15) is 0 Å². The number of anilines is 1. The van der Waals surface area contributed by atoms with Crippen LogP contribution >= 0.6 is 11.8 Å². The van der Waals surface area contributed by atoms with Gasteiger partial charge in [0.25, 0.3) is 0 Å². The monoisotopic (exact) mass is 292 g/mol. The van der Waals surface area contributed by atoms with Crippen LogP contribution in [0, 0.1) is 5.92 Å². The Morgan fingerprint density at radius 1 is 1.35 bits per heavy atom. The molecule has 0 spiro atoms. The Kier molecular flexibility index (Phi) is 5.92. The first kappa shape index (κ1) is 15.4. The number of hydrogen-bond donors (Lipinski definition) is 1. The van der Waals surface area contributed by atoms with Crippen molar-refractivity contribution in [3.8, 4) is 0 Å². The second-order valence-electron chi connectivity index (χ2n) is 5.09. The van der Waals surface area contributed by atoms with Crippen molar-refractivity contribution in [1.82, 2.24) is 0 Å². The number of aliphatic imine (C=N–C) groups is 1. The van der Waals surface area contributed by atoms with Crippen LogP contribution in [0.15, 0.2) is 29.3 Å². The summed E-state index contributed by atoms with van der Waals surface area (Å²) < 4.78 is 5.24. The molecule has 4 heteroatoms. The van der Waals surface area contributed by atoms with E-state index < -0.39 is 0 Å². The van der Waals surface area contributed by atoms with Gasteiger partial charge in [-0.25, -0.2) is 0 Å². The standard InChI is InChI=1S/C16H24N2OS/c1-4-12(5-2)15-10-17-16(20-15)18-14-9-7-6-8-13(14)11-19-3/h6-9,12,15H,4-5,10-11H2,1-3H3,(H,17,18). The summed E-state index contributed by atoms with van der Waals surface area (Å²) in [5.74, 6) is 0.761. The molecule has 1 aliphatic heterocycles. The third kappa shape index (κ3) is 3.76. The largest absolute Gasteiger partial charge is 0.380 e. The number of para-hydroxylation sites is 1. The quantitative estimate of drug-likeness (QED) is 0.855. The maximum Gasteiger partial charge on any atom is 0.161 e. The fourth-order valence-electron chi connectivity index (χ4n) is 2.56. The van der Waals surface area contributed by atoms with Gasteiger partial charge in [-0.2, -0.15) is 0 Å². The van der Waals surface area contributed by atoms with Gasteiger partial charge in [-0.15, -0.1) is 0 Å². The third-order valence-electron chi connectivity index (χ3n) is 3.81. The molecular weight excluding hydrogens is 268 g/mol. The van der Waals surface area contributed by atoms with Crippen LogP contribution in [0.25, 0.3) is 0 Å². The van der Waals surface area contributed by atoms with E-state index in [0.717, 1.165) is 23.3 Å². The summed E-state index contributed by atoms with van der Waals surface area (Å²) in [5, 5.41) is 5.13. The summed E-state index contributed by atoms with van der Waals surface area (Å²) in [6.45, 7) is 6.10. The molecule has 1 aromatic rings. The third-order valence-corrected chi connectivity index (χ3v) is 5.10. The Bertz CT molecular complexity index is 458. The molecule has 3 nitrogen and oxygen atoms in total. The lowest BCUT2D eigenvalue weighted by molar-refractivity contribution is 0.185. The van der Waals surface area contributed by atoms with E-state index in [2.05, 4.69) is 36.3 Å². The van der Waals surface area contributed by atoms with Crippen LogP contribution in [0.4, 0.5) is 5.69 Å². The van der Waals surface area contributed by atoms with Crippen molar-refractivity contribution in [3.05, 3.63) is 29.8 Å². The summed E-state index contributed by atoms with van der Waals surface area (Å²) >= 11 is 1.89. The van der Waals surface area contributed by atoms with Crippen LogP contribution < -0.4 is 5.32 Å². The number of nitrogens with one attached hydrogen (secondary N) is 1. The summed E-state index contributed by atoms with van der Waals surface area (Å²) in [4.78, 5) is 4.66. The van der Waals surface area contributed by atoms with Gasteiger partial charge in [-0.1, -0.05) is 56.7 Å². The fourth-order valence-corrected chi connectivity index (χ4v) is 3.89. The highest BCUT2D eigenvalue weighted by molar-refractivity contribution is 8.15. The van der Waals surface area contributed by atoms with E-state index >= 15 is 0 Å². The van der Waals surface area contributed by atoms with E-state index in [1.807, 2.05) is 23.9 Å². The van der Waals surface area contributed by atoms with Gasteiger partial charge in [0.15, 0.2) is 5.17 Å². The molecule has 0 bridgehead atoms. The van der Waals surface area contributed by atoms with Gasteiger partial charge in [0, 0.05) is 23.6 Å². The number of methoxy groups -OCH3 is 1. The molecule has 1 atom stereocenters. The number of thioether (sulfide) groups is 1. The van der Waals surface area contributed by atoms with Crippen molar-refractivity contribution in [2.75, 3.05) is 19.0 Å². The molecule has 0 saturated carbocycles. The van der Waals surface area contributed by atoms with E-state index in [1.165, 1.54) is 18.4 Å². The van der Waals surface area contributed by atoms with Crippen molar-refractivity contribution < 1.29 is 4.74 Å². The number of benzene rings is 1. The maximum absolute atomic E-state index is 5.24. The molecule has 20 heavy (non-hydrogen) atoms. The van der Waals surface area contributed by atoms with E-state index in [4.69, 9.17) is 4.74 Å². The number of ether oxygens (including phenoxy) is 1. The molecule has 0 aliphatic carbocycles. The molecular formula is C16H24N2OS. The van der Waals surface area contributed by atoms with E-state index in [1.54, 1.807) is 7.11 Å². The molecule has 0 amide bonds. The van der Waals surface area contributed by atoms with Crippen LogP contribution in [0.1, 0.15) is 32.3 Å². The molecule has 110 valence electrons. The van der Waals surface area contributed by atoms with Crippen LogP contribution in [0.3, 0.4) is 0 Å². The summed E-state index contributed by atoms with van der Waals surface area (Å²) in [6, 6.07) is 8.25. The van der Waals surface area contributed by atoms with Gasteiger partial charge in [0.1, 0.15) is 0 Å². The minimum atomic E-state index is 0.622. The Morgan fingerprint density at radius 3 is 2.80 bits per heavy atom. The van der Waals surface area contributed by atoms with Crippen molar-refractivity contribution in [2.24, 2.45) is 10.9 Å². The second-order valence-corrected chi connectivity index (χ2v) is 6.32. The molecule has 0 radical (unpaired) electrons. The zero-order valence-corrected chi connectivity index (χ0v) is 13.4. The SMILES string of the molecule is CCC(CC)C1CN=C(Nc2ccccc2COC)S1. The highest BCUT2D eigenvalue weighted by Crippen LogP contribution is 2.32. The van der Waals surface area contributed by atoms with Crippen molar-refractivity contribution in [1.29, 1.82) is 0 Å². The topological polar surface area (TPSA) is 33.6 Å². The maximum atomic E-state index is 5.24. The molecule has 1 N–H and O–H groups in total. The predicted molar refractivity (Wildman–Crippen MR) is 88.5 cm³/mol. The first-order valence-electron chi connectivity index (χ1n) is 7.33. The van der Waals surface area contributed by atoms with Crippen molar-refractivity contribution in [3.63, 3.8) is 0 Å². The summed E-state index contributed by atoms with van der Waals surface area (Å²) in [5.41, 5.74) is 2.27. The average molecular weight is 292 g/mol. The number of hydrogen-bond acceptors (Lipinski definition) is 4. The minimum Gasteiger partial charge on any atom is -0.380 e. The highest BCUT2D eigenvalue weighted by atomic mass is 32.2. The average Bonchev–Trinajstić information content (AvgIpc) is 2.91. The lowest BCUT2D eigenvalue weighted by Gasteiger charge is -2.19. The molecule has 1 unspecified atom stereocenters. The first-order valence-corrected chi connectivity index (χ1v) is 8.21. The van der Waals surface area contributed by atoms with Gasteiger partial charge in [-0.05, 0) is 12.0 Å². The highest BCUT2D eigenvalue weighted by Gasteiger charge is 2.26. The van der Waals surface area contributed by atoms with Gasteiger partial charge in [0.2, 0.25) is 0 Å². The zero-order chi connectivity index (χ0) is 14.4. The van der Waals surface area contributed by atoms with Crippen LogP contribution in [-0.2, 0) is 11.3 Å². The number of amidine groups is 1. The lowest BCUT2D eigenvalue weighted by atomic mass is 9.99. The Balaban J connectivity index is 1.98. The van der Waals surface area contributed by atoms with Crippen LogP contribution in [0.2, 0.25) is 0 Å². The second kappa shape index (κ2) is 7.70. The molecule has 1 aromatic carbocycles. The number of rotatable bonds is 6. The summed E-state index contributed by atoms with van der Waals surface area (Å²) in [7, 11) is 1.72. The smallest absolute Gasteiger partial charge is 0.161 e. The van der Waals surface area contributed by atoms with Crippen LogP contribution in [0.5, 0.6) is 0 Å². The van der Waals surface area contributed by atoms with Crippen LogP contribution in [-0.4, -0.2) is 24.1 Å². The minimum absolute atomic E-state index is 0.622. The summed E-state index contributed by atoms with van der Waals surface area (Å²) in [6.07, 6.45) is 2.47. The van der Waals surface area contributed by atoms with E-state index in [-0.39, 0.29) is 0 Å². The normalized spacial score (nSPS) is 18.4. The number of nitrogens with zero attached hydrogens (tertiary/aromatic N) is 1. The lowest BCUT2D eigenvalue weighted by Crippen LogP contribution is -2.17. The molecule has 0 fully saturated rings. The van der Waals surface area contributed by atoms with Gasteiger partial charge >= 0.3 is 0 Å². The van der Waals surface area contributed by atoms with Gasteiger partial charge in [-0.3, -0.25) is 4.99 Å². The molecule has 1 heterocycles. The Hall–Kier alpha value is -1.00.